The van der Waals surface area contributed by atoms with Crippen molar-refractivity contribution in [1.82, 2.24) is 14.7 Å². The van der Waals surface area contributed by atoms with Crippen LogP contribution in [0, 0.1) is 20.7 Å². The van der Waals surface area contributed by atoms with Crippen molar-refractivity contribution in [1.29, 1.82) is 0 Å². The van der Waals surface area contributed by atoms with E-state index in [1.807, 2.05) is 0 Å². The quantitative estimate of drug-likeness (QED) is 0.258. The third kappa shape index (κ3) is 3.38. The predicted molar refractivity (Wildman–Crippen MR) is 112 cm³/mol. The number of nitro benzene ring substituents is 1. The van der Waals surface area contributed by atoms with Gasteiger partial charge in [-0.15, -0.1) is 4.68 Å². The summed E-state index contributed by atoms with van der Waals surface area (Å²) in [6, 6.07) is 3.52. The molecule has 1 aromatic heterocycles. The van der Waals surface area contributed by atoms with Gasteiger partial charge in [0.05, 0.1) is 11.5 Å². The summed E-state index contributed by atoms with van der Waals surface area (Å²) in [6.07, 6.45) is 8.45. The second-order valence-electron chi connectivity index (χ2n) is 9.22. The van der Waals surface area contributed by atoms with Gasteiger partial charge in [-0.1, -0.05) is 12.8 Å². The molecule has 1 saturated carbocycles. The average molecular weight is 439 g/mol. The SMILES string of the molecule is O=C1c2ccc([N+](=O)[O-])cc2C(=O)c2c1n[n+]([O-])n2CCCN1CCC2(CCCC2)CC1. The number of fused-ring (bicyclic) bond motifs is 2. The molecule has 1 aliphatic heterocycles. The first-order valence-corrected chi connectivity index (χ1v) is 11.2. The lowest BCUT2D eigenvalue weighted by Crippen LogP contribution is -2.43. The van der Waals surface area contributed by atoms with Gasteiger partial charge in [0.25, 0.3) is 5.69 Å². The number of nitrogens with zero attached hydrogens (tertiary/aromatic N) is 5. The summed E-state index contributed by atoms with van der Waals surface area (Å²) >= 11 is 0. The van der Waals surface area contributed by atoms with Crippen LogP contribution in [0.5, 0.6) is 0 Å². The Hall–Kier alpha value is -3.14. The molecule has 1 spiro atoms. The molecule has 0 radical (unpaired) electrons. The summed E-state index contributed by atoms with van der Waals surface area (Å²) in [5, 5.41) is 27.3. The molecule has 3 aliphatic rings. The van der Waals surface area contributed by atoms with Crippen LogP contribution < -0.4 is 4.96 Å². The molecule has 1 saturated heterocycles. The third-order valence-corrected chi connectivity index (χ3v) is 7.43. The number of carbonyl (C=O) groups excluding carboxylic acids is 2. The van der Waals surface area contributed by atoms with Crippen LogP contribution in [-0.4, -0.2) is 50.8 Å². The maximum atomic E-state index is 13.1. The van der Waals surface area contributed by atoms with Gasteiger partial charge in [0.15, 0.2) is 5.69 Å². The molecule has 5 rings (SSSR count). The van der Waals surface area contributed by atoms with Crippen LogP contribution in [0.25, 0.3) is 0 Å². The maximum Gasteiger partial charge on any atom is 0.270 e. The van der Waals surface area contributed by atoms with Crippen molar-refractivity contribution in [3.63, 3.8) is 0 Å². The number of likely N-dealkylation sites (tertiary alicyclic amines) is 1. The summed E-state index contributed by atoms with van der Waals surface area (Å²) in [5.41, 5.74) is -0.0294. The van der Waals surface area contributed by atoms with Crippen LogP contribution >= 0.6 is 0 Å². The first-order chi connectivity index (χ1) is 15.4. The number of aromatic nitrogens is 3. The summed E-state index contributed by atoms with van der Waals surface area (Å²) in [5.74, 6) is -1.15. The topological polar surface area (TPSA) is 125 Å². The number of benzene rings is 1. The van der Waals surface area contributed by atoms with E-state index in [-0.39, 0.29) is 34.7 Å². The first kappa shape index (κ1) is 20.7. The van der Waals surface area contributed by atoms with Crippen LogP contribution in [0.2, 0.25) is 0 Å². The Labute approximate surface area is 184 Å². The fraction of sp³-hybridized carbons (Fsp3) is 0.545. The van der Waals surface area contributed by atoms with E-state index in [2.05, 4.69) is 10.00 Å². The van der Waals surface area contributed by atoms with Gasteiger partial charge in [-0.05, 0) is 56.7 Å². The Balaban J connectivity index is 1.30. The number of piperidine rings is 1. The van der Waals surface area contributed by atoms with Gasteiger partial charge in [0.2, 0.25) is 17.3 Å². The van der Waals surface area contributed by atoms with Crippen molar-refractivity contribution in [3.8, 4) is 0 Å². The molecule has 2 fully saturated rings. The smallest absolute Gasteiger partial charge is 0.270 e. The Morgan fingerprint density at radius 3 is 2.44 bits per heavy atom. The molecule has 1 aromatic carbocycles. The van der Waals surface area contributed by atoms with E-state index in [0.717, 1.165) is 25.7 Å². The minimum atomic E-state index is -0.618. The lowest BCUT2D eigenvalue weighted by atomic mass is 9.77. The van der Waals surface area contributed by atoms with Gasteiger partial charge in [-0.3, -0.25) is 19.7 Å². The van der Waals surface area contributed by atoms with Gasteiger partial charge in [0, 0.05) is 39.9 Å². The summed E-state index contributed by atoms with van der Waals surface area (Å²) < 4.78 is 1.18. The molecular weight excluding hydrogens is 414 g/mol. The van der Waals surface area contributed by atoms with Crippen LogP contribution in [0.4, 0.5) is 5.69 Å². The second kappa shape index (κ2) is 7.77. The number of rotatable bonds is 5. The van der Waals surface area contributed by atoms with E-state index in [1.54, 1.807) is 0 Å². The molecule has 10 heteroatoms. The Morgan fingerprint density at radius 1 is 1.03 bits per heavy atom. The van der Waals surface area contributed by atoms with Gasteiger partial charge in [-0.25, -0.2) is 0 Å². The normalized spacial score (nSPS) is 19.9. The lowest BCUT2D eigenvalue weighted by molar-refractivity contribution is -0.749. The van der Waals surface area contributed by atoms with Gasteiger partial charge in [0.1, 0.15) is 0 Å². The van der Waals surface area contributed by atoms with Crippen molar-refractivity contribution in [2.45, 2.75) is 51.5 Å². The number of hydrogen-bond donors (Lipinski definition) is 0. The van der Waals surface area contributed by atoms with E-state index in [1.165, 1.54) is 55.3 Å². The molecule has 0 bridgehead atoms. The maximum absolute atomic E-state index is 13.1. The summed E-state index contributed by atoms with van der Waals surface area (Å²) in [6.45, 7) is 3.14. The molecular formula is C22H25N5O5. The van der Waals surface area contributed by atoms with Crippen molar-refractivity contribution >= 4 is 17.3 Å². The van der Waals surface area contributed by atoms with Gasteiger partial charge in [-0.2, -0.15) is 0 Å². The Bertz CT molecular complexity index is 1110. The molecule has 2 heterocycles. The molecule has 2 aliphatic carbocycles. The van der Waals surface area contributed by atoms with Crippen molar-refractivity contribution < 1.29 is 19.5 Å². The Morgan fingerprint density at radius 2 is 1.75 bits per heavy atom. The van der Waals surface area contributed by atoms with Gasteiger partial charge >= 0.3 is 0 Å². The molecule has 0 unspecified atom stereocenters. The van der Waals surface area contributed by atoms with Crippen LogP contribution in [0.1, 0.15) is 77.0 Å². The third-order valence-electron chi connectivity index (χ3n) is 7.43. The Kier molecular flexibility index (Phi) is 5.04. The average Bonchev–Trinajstić information content (AvgIpc) is 3.38. The lowest BCUT2D eigenvalue weighted by Gasteiger charge is -2.39. The fourth-order valence-corrected chi connectivity index (χ4v) is 5.58. The second-order valence-corrected chi connectivity index (χ2v) is 9.22. The van der Waals surface area contributed by atoms with Gasteiger partial charge < -0.3 is 10.1 Å². The minimum absolute atomic E-state index is 0.0347. The monoisotopic (exact) mass is 439 g/mol. The van der Waals surface area contributed by atoms with Crippen molar-refractivity contribution in [3.05, 3.63) is 56.0 Å². The zero-order chi connectivity index (χ0) is 22.5. The number of non-ortho nitro benzene ring substituents is 1. The standard InChI is InChI=1S/C22H25N5O5/c28-20-16-5-4-15(26(30)31)14-17(16)21(29)19-18(20)23-27(32)25(19)11-3-10-24-12-8-22(9-13-24)6-1-2-7-22/h4-5,14H,1-3,6-13H2. The molecule has 2 aromatic rings. The zero-order valence-electron chi connectivity index (χ0n) is 17.8. The molecule has 0 amide bonds. The molecule has 10 nitrogen and oxygen atoms in total. The van der Waals surface area contributed by atoms with Crippen molar-refractivity contribution in [2.24, 2.45) is 5.41 Å². The van der Waals surface area contributed by atoms with E-state index in [4.69, 9.17) is 0 Å². The first-order valence-electron chi connectivity index (χ1n) is 11.2. The highest BCUT2D eigenvalue weighted by molar-refractivity contribution is 6.27. The highest BCUT2D eigenvalue weighted by Crippen LogP contribution is 2.46. The number of ketones is 2. The van der Waals surface area contributed by atoms with E-state index in [0.29, 0.717) is 16.8 Å². The number of hydrogen-bond acceptors (Lipinski definition) is 7. The highest BCUT2D eigenvalue weighted by Gasteiger charge is 2.40. The van der Waals surface area contributed by atoms with Crippen molar-refractivity contribution in [2.75, 3.05) is 19.6 Å². The minimum Gasteiger partial charge on any atom is -0.571 e. The molecule has 32 heavy (non-hydrogen) atoms. The largest absolute Gasteiger partial charge is 0.571 e. The van der Waals surface area contributed by atoms with Crippen LogP contribution in [-0.2, 0) is 6.54 Å². The highest BCUT2D eigenvalue weighted by atomic mass is 16.6. The van der Waals surface area contributed by atoms with E-state index < -0.39 is 16.5 Å². The number of nitro groups is 1. The van der Waals surface area contributed by atoms with Crippen LogP contribution in [0.15, 0.2) is 18.2 Å². The molecule has 0 atom stereocenters. The molecule has 168 valence electrons. The molecule has 0 N–H and O–H groups in total. The number of carbonyl (C=O) groups is 2. The summed E-state index contributed by atoms with van der Waals surface area (Å²) in [4.78, 5) is 39.0. The predicted octanol–water partition coefficient (Wildman–Crippen LogP) is 2.25. The fourth-order valence-electron chi connectivity index (χ4n) is 5.58. The van der Waals surface area contributed by atoms with Crippen LogP contribution in [0.3, 0.4) is 0 Å². The van der Waals surface area contributed by atoms with E-state index in [9.17, 15) is 24.9 Å². The zero-order valence-corrected chi connectivity index (χ0v) is 17.8. The van der Waals surface area contributed by atoms with E-state index >= 15 is 0 Å². The summed E-state index contributed by atoms with van der Waals surface area (Å²) in [7, 11) is 0.